The van der Waals surface area contributed by atoms with E-state index in [2.05, 4.69) is 15.5 Å². The van der Waals surface area contributed by atoms with Crippen LogP contribution in [0.2, 0.25) is 0 Å². The van der Waals surface area contributed by atoms with Crippen molar-refractivity contribution in [2.24, 2.45) is 0 Å². The summed E-state index contributed by atoms with van der Waals surface area (Å²) in [5.74, 6) is 0.439. The quantitative estimate of drug-likeness (QED) is 0.779. The summed E-state index contributed by atoms with van der Waals surface area (Å²) in [5, 5.41) is 6.56. The molecule has 0 unspecified atom stereocenters. The van der Waals surface area contributed by atoms with Gasteiger partial charge in [0.2, 0.25) is 18.1 Å². The molecule has 2 rings (SSSR count). The molecule has 0 saturated carbocycles. The SMILES string of the molecule is CCCOCC(=O)NCc1ccc(-c2ncon2)cc1. The lowest BCUT2D eigenvalue weighted by Gasteiger charge is -2.06. The number of carbonyl (C=O) groups is 1. The Labute approximate surface area is 117 Å². The van der Waals surface area contributed by atoms with Crippen molar-refractivity contribution >= 4 is 5.91 Å². The summed E-state index contributed by atoms with van der Waals surface area (Å²) in [7, 11) is 0. The average Bonchev–Trinajstić information content (AvgIpc) is 3.00. The zero-order valence-corrected chi connectivity index (χ0v) is 11.3. The van der Waals surface area contributed by atoms with Crippen molar-refractivity contribution in [3.05, 3.63) is 36.2 Å². The molecule has 0 radical (unpaired) electrons. The largest absolute Gasteiger partial charge is 0.372 e. The Morgan fingerprint density at radius 1 is 1.35 bits per heavy atom. The van der Waals surface area contributed by atoms with E-state index in [0.29, 0.717) is 19.0 Å². The van der Waals surface area contributed by atoms with Gasteiger partial charge >= 0.3 is 0 Å². The second kappa shape index (κ2) is 7.40. The molecule has 6 heteroatoms. The van der Waals surface area contributed by atoms with Gasteiger partial charge in [0.1, 0.15) is 6.61 Å². The Bertz CT molecular complexity index is 523. The molecule has 0 aliphatic heterocycles. The first kappa shape index (κ1) is 14.2. The lowest BCUT2D eigenvalue weighted by atomic mass is 10.1. The molecule has 0 bridgehead atoms. The summed E-state index contributed by atoms with van der Waals surface area (Å²) in [6, 6.07) is 7.61. The van der Waals surface area contributed by atoms with E-state index in [4.69, 9.17) is 9.26 Å². The minimum Gasteiger partial charge on any atom is -0.372 e. The van der Waals surface area contributed by atoms with Gasteiger partial charge in [-0.05, 0) is 12.0 Å². The van der Waals surface area contributed by atoms with Crippen LogP contribution in [-0.2, 0) is 16.1 Å². The molecular formula is C14H17N3O3. The molecule has 20 heavy (non-hydrogen) atoms. The molecule has 1 heterocycles. The van der Waals surface area contributed by atoms with Gasteiger partial charge < -0.3 is 14.6 Å². The Morgan fingerprint density at radius 3 is 2.80 bits per heavy atom. The standard InChI is InChI=1S/C14H17N3O3/c1-2-7-19-9-13(18)15-8-11-3-5-12(6-4-11)14-16-10-20-17-14/h3-6,10H,2,7-9H2,1H3,(H,15,18). The third-order valence-corrected chi connectivity index (χ3v) is 2.64. The maximum Gasteiger partial charge on any atom is 0.246 e. The van der Waals surface area contributed by atoms with Crippen molar-refractivity contribution in [3.63, 3.8) is 0 Å². The monoisotopic (exact) mass is 275 g/mol. The highest BCUT2D eigenvalue weighted by molar-refractivity contribution is 5.77. The molecule has 1 N–H and O–H groups in total. The molecular weight excluding hydrogens is 258 g/mol. The lowest BCUT2D eigenvalue weighted by molar-refractivity contribution is -0.125. The number of ether oxygens (including phenoxy) is 1. The highest BCUT2D eigenvalue weighted by atomic mass is 16.5. The van der Waals surface area contributed by atoms with Crippen molar-refractivity contribution in [3.8, 4) is 11.4 Å². The number of hydrogen-bond donors (Lipinski definition) is 1. The molecule has 0 spiro atoms. The van der Waals surface area contributed by atoms with Gasteiger partial charge in [0.05, 0.1) is 0 Å². The Morgan fingerprint density at radius 2 is 2.15 bits per heavy atom. The summed E-state index contributed by atoms with van der Waals surface area (Å²) in [4.78, 5) is 15.4. The van der Waals surface area contributed by atoms with Crippen LogP contribution in [0.5, 0.6) is 0 Å². The van der Waals surface area contributed by atoms with E-state index in [9.17, 15) is 4.79 Å². The molecule has 106 valence electrons. The average molecular weight is 275 g/mol. The highest BCUT2D eigenvalue weighted by Gasteiger charge is 2.04. The van der Waals surface area contributed by atoms with Crippen molar-refractivity contribution in [2.45, 2.75) is 19.9 Å². The minimum absolute atomic E-state index is 0.106. The Hall–Kier alpha value is -2.21. The van der Waals surface area contributed by atoms with Crippen LogP contribution in [0.15, 0.2) is 35.2 Å². The maximum absolute atomic E-state index is 11.5. The van der Waals surface area contributed by atoms with Gasteiger partial charge in [-0.15, -0.1) is 0 Å². The summed E-state index contributed by atoms with van der Waals surface area (Å²) in [5.41, 5.74) is 1.88. The predicted molar refractivity (Wildman–Crippen MR) is 72.7 cm³/mol. The first-order chi connectivity index (χ1) is 9.79. The molecule has 1 aromatic heterocycles. The van der Waals surface area contributed by atoms with Crippen LogP contribution in [0.3, 0.4) is 0 Å². The summed E-state index contributed by atoms with van der Waals surface area (Å²) in [6.45, 7) is 3.19. The van der Waals surface area contributed by atoms with E-state index in [0.717, 1.165) is 17.5 Å². The van der Waals surface area contributed by atoms with Crippen molar-refractivity contribution in [1.29, 1.82) is 0 Å². The molecule has 0 atom stereocenters. The second-order valence-electron chi connectivity index (χ2n) is 4.28. The maximum atomic E-state index is 11.5. The molecule has 0 saturated heterocycles. The fraction of sp³-hybridized carbons (Fsp3) is 0.357. The van der Waals surface area contributed by atoms with Gasteiger partial charge in [-0.2, -0.15) is 4.98 Å². The van der Waals surface area contributed by atoms with E-state index < -0.39 is 0 Å². The Balaban J connectivity index is 1.81. The van der Waals surface area contributed by atoms with E-state index in [-0.39, 0.29) is 12.5 Å². The van der Waals surface area contributed by atoms with Crippen LogP contribution < -0.4 is 5.32 Å². The van der Waals surface area contributed by atoms with E-state index in [1.807, 2.05) is 31.2 Å². The third kappa shape index (κ3) is 4.17. The van der Waals surface area contributed by atoms with Crippen LogP contribution in [0.1, 0.15) is 18.9 Å². The number of nitrogens with one attached hydrogen (secondary N) is 1. The van der Waals surface area contributed by atoms with Gasteiger partial charge in [0.25, 0.3) is 0 Å². The summed E-state index contributed by atoms with van der Waals surface area (Å²) in [6.07, 6.45) is 2.20. The molecule has 0 aliphatic rings. The smallest absolute Gasteiger partial charge is 0.246 e. The normalized spacial score (nSPS) is 10.4. The van der Waals surface area contributed by atoms with Gasteiger partial charge in [-0.25, -0.2) is 0 Å². The molecule has 2 aromatic rings. The van der Waals surface area contributed by atoms with Crippen molar-refractivity contribution in [2.75, 3.05) is 13.2 Å². The number of benzene rings is 1. The Kier molecular flexibility index (Phi) is 5.25. The predicted octanol–water partition coefficient (Wildman–Crippen LogP) is 1.78. The number of carbonyl (C=O) groups excluding carboxylic acids is 1. The van der Waals surface area contributed by atoms with Crippen LogP contribution in [0.25, 0.3) is 11.4 Å². The number of amides is 1. The minimum atomic E-state index is -0.110. The van der Waals surface area contributed by atoms with Crippen LogP contribution >= 0.6 is 0 Å². The zero-order chi connectivity index (χ0) is 14.2. The molecule has 6 nitrogen and oxygen atoms in total. The fourth-order valence-corrected chi connectivity index (χ4v) is 1.63. The van der Waals surface area contributed by atoms with Crippen LogP contribution in [0.4, 0.5) is 0 Å². The summed E-state index contributed by atoms with van der Waals surface area (Å²) >= 11 is 0. The van der Waals surface area contributed by atoms with Gasteiger partial charge in [-0.3, -0.25) is 4.79 Å². The van der Waals surface area contributed by atoms with Gasteiger partial charge in [0, 0.05) is 18.7 Å². The van der Waals surface area contributed by atoms with Crippen LogP contribution in [0, 0.1) is 0 Å². The molecule has 0 fully saturated rings. The fourth-order valence-electron chi connectivity index (χ4n) is 1.63. The van der Waals surface area contributed by atoms with Crippen LogP contribution in [-0.4, -0.2) is 29.3 Å². The number of nitrogens with zero attached hydrogens (tertiary/aromatic N) is 2. The number of rotatable bonds is 7. The first-order valence-corrected chi connectivity index (χ1v) is 6.49. The first-order valence-electron chi connectivity index (χ1n) is 6.49. The number of hydrogen-bond acceptors (Lipinski definition) is 5. The topological polar surface area (TPSA) is 77.2 Å². The summed E-state index contributed by atoms with van der Waals surface area (Å²) < 4.78 is 9.85. The zero-order valence-electron chi connectivity index (χ0n) is 11.3. The van der Waals surface area contributed by atoms with Crippen molar-refractivity contribution in [1.82, 2.24) is 15.5 Å². The third-order valence-electron chi connectivity index (χ3n) is 2.64. The molecule has 1 amide bonds. The van der Waals surface area contributed by atoms with E-state index in [1.54, 1.807) is 0 Å². The van der Waals surface area contributed by atoms with Crippen molar-refractivity contribution < 1.29 is 14.1 Å². The van der Waals surface area contributed by atoms with Gasteiger partial charge in [0.15, 0.2) is 0 Å². The van der Waals surface area contributed by atoms with E-state index >= 15 is 0 Å². The second-order valence-corrected chi connectivity index (χ2v) is 4.28. The molecule has 0 aliphatic carbocycles. The van der Waals surface area contributed by atoms with E-state index in [1.165, 1.54) is 6.39 Å². The van der Waals surface area contributed by atoms with Gasteiger partial charge in [-0.1, -0.05) is 36.3 Å². The lowest BCUT2D eigenvalue weighted by Crippen LogP contribution is -2.27. The highest BCUT2D eigenvalue weighted by Crippen LogP contribution is 2.14. The number of aromatic nitrogens is 2. The molecule has 1 aromatic carbocycles.